The monoisotopic (exact) mass is 276 g/mol. The number of thiazole rings is 1. The minimum atomic E-state index is 0.850. The van der Waals surface area contributed by atoms with E-state index in [0.29, 0.717) is 0 Å². The summed E-state index contributed by atoms with van der Waals surface area (Å²) in [6.45, 7) is 2.74. The fraction of sp³-hybridized carbons (Fsp3) is 0.429. The number of hydrogen-bond donors (Lipinski definition) is 1. The van der Waals surface area contributed by atoms with Crippen molar-refractivity contribution in [3.63, 3.8) is 0 Å². The molecule has 0 radical (unpaired) electrons. The fourth-order valence-corrected chi connectivity index (χ4v) is 2.66. The van der Waals surface area contributed by atoms with Crippen molar-refractivity contribution in [2.45, 2.75) is 19.5 Å². The first-order chi connectivity index (χ1) is 9.28. The van der Waals surface area contributed by atoms with Crippen LogP contribution < -0.4 is 5.32 Å². The van der Waals surface area contributed by atoms with E-state index in [9.17, 15) is 0 Å². The number of nitrogens with one attached hydrogen (secondary N) is 1. The molecule has 0 unspecified atom stereocenters. The maximum absolute atomic E-state index is 4.59. The highest BCUT2D eigenvalue weighted by Crippen LogP contribution is 2.11. The van der Waals surface area contributed by atoms with Gasteiger partial charge in [-0.2, -0.15) is 0 Å². The van der Waals surface area contributed by atoms with Gasteiger partial charge in [0.05, 0.1) is 5.69 Å². The lowest BCUT2D eigenvalue weighted by atomic mass is 10.2. The molecule has 0 aliphatic heterocycles. The Morgan fingerprint density at radius 2 is 2.21 bits per heavy atom. The van der Waals surface area contributed by atoms with Crippen LogP contribution in [0.4, 0.5) is 0 Å². The quantitative estimate of drug-likeness (QED) is 0.839. The second-order valence-corrected chi connectivity index (χ2v) is 5.51. The van der Waals surface area contributed by atoms with E-state index >= 15 is 0 Å². The number of pyridine rings is 1. The van der Waals surface area contributed by atoms with Crippen LogP contribution in [0.2, 0.25) is 0 Å². The molecule has 0 aliphatic rings. The summed E-state index contributed by atoms with van der Waals surface area (Å²) in [7, 11) is 4.07. The highest BCUT2D eigenvalue weighted by Gasteiger charge is 2.05. The van der Waals surface area contributed by atoms with Crippen molar-refractivity contribution in [2.24, 2.45) is 0 Å². The molecule has 0 atom stereocenters. The summed E-state index contributed by atoms with van der Waals surface area (Å²) in [5, 5.41) is 6.41. The molecule has 0 aliphatic carbocycles. The van der Waals surface area contributed by atoms with Gasteiger partial charge in [0.25, 0.3) is 0 Å². The first-order valence-corrected chi connectivity index (χ1v) is 7.32. The standard InChI is InChI=1S/C14H20N4S/c1-15-9-14-17-13(11-19-14)10-18(2)8-6-12-5-3-4-7-16-12/h3-5,7,11,15H,6,8-10H2,1-2H3. The first-order valence-electron chi connectivity index (χ1n) is 6.44. The molecule has 0 fully saturated rings. The van der Waals surface area contributed by atoms with Gasteiger partial charge in [-0.05, 0) is 26.2 Å². The van der Waals surface area contributed by atoms with Gasteiger partial charge < -0.3 is 10.2 Å². The summed E-state index contributed by atoms with van der Waals surface area (Å²) in [5.74, 6) is 0. The van der Waals surface area contributed by atoms with Crippen LogP contribution in [-0.4, -0.2) is 35.5 Å². The van der Waals surface area contributed by atoms with Crippen molar-refractivity contribution in [1.29, 1.82) is 0 Å². The van der Waals surface area contributed by atoms with Gasteiger partial charge in [-0.1, -0.05) is 6.07 Å². The van der Waals surface area contributed by atoms with Crippen LogP contribution in [0.5, 0.6) is 0 Å². The Balaban J connectivity index is 1.78. The second kappa shape index (κ2) is 7.33. The Hall–Kier alpha value is -1.30. The first kappa shape index (κ1) is 14.1. The zero-order valence-electron chi connectivity index (χ0n) is 11.5. The van der Waals surface area contributed by atoms with Crippen LogP contribution in [0, 0.1) is 0 Å². The van der Waals surface area contributed by atoms with Crippen molar-refractivity contribution in [3.8, 4) is 0 Å². The lowest BCUT2D eigenvalue weighted by Gasteiger charge is -2.14. The lowest BCUT2D eigenvalue weighted by molar-refractivity contribution is 0.326. The molecule has 0 spiro atoms. The molecule has 4 nitrogen and oxygen atoms in total. The van der Waals surface area contributed by atoms with Gasteiger partial charge in [0.2, 0.25) is 0 Å². The number of aromatic nitrogens is 2. The zero-order valence-corrected chi connectivity index (χ0v) is 12.3. The van der Waals surface area contributed by atoms with Gasteiger partial charge in [-0.25, -0.2) is 4.98 Å². The van der Waals surface area contributed by atoms with Gasteiger partial charge in [0.15, 0.2) is 0 Å². The maximum atomic E-state index is 4.59. The molecule has 0 bridgehead atoms. The third-order valence-corrected chi connectivity index (χ3v) is 3.73. The molecule has 2 aromatic heterocycles. The molecule has 0 amide bonds. The van der Waals surface area contributed by atoms with Crippen molar-refractivity contribution >= 4 is 11.3 Å². The summed E-state index contributed by atoms with van der Waals surface area (Å²) in [4.78, 5) is 11.2. The summed E-state index contributed by atoms with van der Waals surface area (Å²) in [6.07, 6.45) is 2.82. The van der Waals surface area contributed by atoms with Gasteiger partial charge in [-0.15, -0.1) is 11.3 Å². The molecule has 5 heteroatoms. The van der Waals surface area contributed by atoms with E-state index in [2.05, 4.69) is 38.7 Å². The van der Waals surface area contributed by atoms with E-state index in [1.165, 1.54) is 0 Å². The summed E-state index contributed by atoms with van der Waals surface area (Å²) < 4.78 is 0. The average molecular weight is 276 g/mol. The fourth-order valence-electron chi connectivity index (χ4n) is 1.86. The maximum Gasteiger partial charge on any atom is 0.107 e. The normalized spacial score (nSPS) is 11.1. The van der Waals surface area contributed by atoms with Crippen molar-refractivity contribution in [3.05, 3.63) is 46.2 Å². The third kappa shape index (κ3) is 4.70. The van der Waals surface area contributed by atoms with Crippen LogP contribution in [0.3, 0.4) is 0 Å². The summed E-state index contributed by atoms with van der Waals surface area (Å²) in [5.41, 5.74) is 2.29. The third-order valence-electron chi connectivity index (χ3n) is 2.84. The van der Waals surface area contributed by atoms with Crippen LogP contribution in [0.1, 0.15) is 16.4 Å². The number of nitrogens with zero attached hydrogens (tertiary/aromatic N) is 3. The molecule has 1 N–H and O–H groups in total. The van der Waals surface area contributed by atoms with Crippen molar-refractivity contribution in [2.75, 3.05) is 20.6 Å². The summed E-state index contributed by atoms with van der Waals surface area (Å²) in [6, 6.07) is 6.06. The minimum absolute atomic E-state index is 0.850. The molecular weight excluding hydrogens is 256 g/mol. The van der Waals surface area contributed by atoms with Gasteiger partial charge in [-0.3, -0.25) is 4.98 Å². The van der Waals surface area contributed by atoms with Crippen LogP contribution in [0.25, 0.3) is 0 Å². The molecule has 2 rings (SSSR count). The number of likely N-dealkylation sites (N-methyl/N-ethyl adjacent to an activating group) is 1. The summed E-state index contributed by atoms with van der Waals surface area (Å²) >= 11 is 1.72. The molecular formula is C14H20N4S. The Bertz CT molecular complexity index is 483. The number of hydrogen-bond acceptors (Lipinski definition) is 5. The van der Waals surface area contributed by atoms with E-state index in [1.807, 2.05) is 25.4 Å². The average Bonchev–Trinajstić information content (AvgIpc) is 2.85. The molecule has 0 saturated carbocycles. The topological polar surface area (TPSA) is 41.1 Å². The molecule has 0 aromatic carbocycles. The largest absolute Gasteiger partial charge is 0.314 e. The Kier molecular flexibility index (Phi) is 5.44. The zero-order chi connectivity index (χ0) is 13.5. The Labute approximate surface area is 118 Å². The van der Waals surface area contributed by atoms with Crippen LogP contribution in [0.15, 0.2) is 29.8 Å². The van der Waals surface area contributed by atoms with E-state index < -0.39 is 0 Å². The highest BCUT2D eigenvalue weighted by atomic mass is 32.1. The van der Waals surface area contributed by atoms with Gasteiger partial charge in [0, 0.05) is 43.3 Å². The van der Waals surface area contributed by atoms with E-state index in [-0.39, 0.29) is 0 Å². The number of rotatable bonds is 7. The minimum Gasteiger partial charge on any atom is -0.314 e. The molecule has 19 heavy (non-hydrogen) atoms. The smallest absolute Gasteiger partial charge is 0.107 e. The van der Waals surface area contributed by atoms with Crippen molar-refractivity contribution < 1.29 is 0 Å². The molecule has 2 aromatic rings. The molecule has 102 valence electrons. The molecule has 2 heterocycles. The Morgan fingerprint density at radius 3 is 2.95 bits per heavy atom. The molecule has 0 saturated heterocycles. The highest BCUT2D eigenvalue weighted by molar-refractivity contribution is 7.09. The van der Waals surface area contributed by atoms with Gasteiger partial charge in [0.1, 0.15) is 5.01 Å². The predicted molar refractivity (Wildman–Crippen MR) is 79.2 cm³/mol. The lowest BCUT2D eigenvalue weighted by Crippen LogP contribution is -2.21. The van der Waals surface area contributed by atoms with Crippen LogP contribution in [-0.2, 0) is 19.5 Å². The predicted octanol–water partition coefficient (Wildman–Crippen LogP) is 1.93. The second-order valence-electron chi connectivity index (χ2n) is 4.57. The van der Waals surface area contributed by atoms with Gasteiger partial charge >= 0.3 is 0 Å². The Morgan fingerprint density at radius 1 is 1.32 bits per heavy atom. The van der Waals surface area contributed by atoms with E-state index in [1.54, 1.807) is 11.3 Å². The van der Waals surface area contributed by atoms with Crippen molar-refractivity contribution in [1.82, 2.24) is 20.2 Å². The van der Waals surface area contributed by atoms with Crippen LogP contribution >= 0.6 is 11.3 Å². The SMILES string of the molecule is CNCc1nc(CN(C)CCc2ccccn2)cs1. The van der Waals surface area contributed by atoms with E-state index in [0.717, 1.165) is 42.5 Å². The van der Waals surface area contributed by atoms with E-state index in [4.69, 9.17) is 0 Å².